The number of hydrogen-bond acceptors (Lipinski definition) is 3. The van der Waals surface area contributed by atoms with E-state index in [0.29, 0.717) is 5.82 Å². The van der Waals surface area contributed by atoms with Crippen molar-refractivity contribution in [3.8, 4) is 0 Å². The number of halogens is 3. The fraction of sp³-hybridized carbons (Fsp3) is 0.182. The Morgan fingerprint density at radius 3 is 2.33 bits per heavy atom. The summed E-state index contributed by atoms with van der Waals surface area (Å²) in [5, 5.41) is 13.2. The molecule has 30 heavy (non-hydrogen) atoms. The molecule has 0 aliphatic rings. The number of anilines is 1. The van der Waals surface area contributed by atoms with Gasteiger partial charge in [0.25, 0.3) is 0 Å². The van der Waals surface area contributed by atoms with Crippen LogP contribution in [0, 0.1) is 0 Å². The van der Waals surface area contributed by atoms with E-state index in [1.54, 1.807) is 42.5 Å². The Bertz CT molecular complexity index is 966. The van der Waals surface area contributed by atoms with E-state index in [1.807, 2.05) is 6.07 Å². The number of carbonyl (C=O) groups excluding carboxylic acids is 1. The molecule has 3 aromatic rings. The van der Waals surface area contributed by atoms with Crippen LogP contribution in [0.15, 0.2) is 79.0 Å². The number of amides is 2. The monoisotopic (exact) mass is 415 g/mol. The van der Waals surface area contributed by atoms with Crippen molar-refractivity contribution in [3.05, 3.63) is 95.7 Å². The zero-order chi connectivity index (χ0) is 21.6. The number of nitrogens with one attached hydrogen (secondary N) is 1. The standard InChI is InChI=1S/C22H20F3N3O2/c23-22(24,25)18-11-5-4-10-17(18)19(29)15-28(14-16-8-2-1-3-9-16)21(30)27-20-12-6-7-13-26-20/h1-13,19,29H,14-15H2,(H,26,27,30). The fourth-order valence-corrected chi connectivity index (χ4v) is 3.00. The molecule has 2 aromatic carbocycles. The molecule has 0 spiro atoms. The van der Waals surface area contributed by atoms with Gasteiger partial charge in [0.1, 0.15) is 5.82 Å². The third kappa shape index (κ3) is 5.57. The molecule has 1 atom stereocenters. The maximum Gasteiger partial charge on any atom is 0.416 e. The second-order valence-corrected chi connectivity index (χ2v) is 6.61. The predicted octanol–water partition coefficient (Wildman–Crippen LogP) is 4.87. The Morgan fingerprint density at radius 2 is 1.67 bits per heavy atom. The Morgan fingerprint density at radius 1 is 1.00 bits per heavy atom. The van der Waals surface area contributed by atoms with Gasteiger partial charge in [0.15, 0.2) is 0 Å². The lowest BCUT2D eigenvalue weighted by Crippen LogP contribution is -2.38. The lowest BCUT2D eigenvalue weighted by Gasteiger charge is -2.27. The van der Waals surface area contributed by atoms with Crippen LogP contribution in [0.3, 0.4) is 0 Å². The second-order valence-electron chi connectivity index (χ2n) is 6.61. The summed E-state index contributed by atoms with van der Waals surface area (Å²) < 4.78 is 40.0. The molecule has 0 saturated carbocycles. The van der Waals surface area contributed by atoms with Crippen LogP contribution >= 0.6 is 0 Å². The van der Waals surface area contributed by atoms with Gasteiger partial charge in [-0.3, -0.25) is 5.32 Å². The summed E-state index contributed by atoms with van der Waals surface area (Å²) in [5.41, 5.74) is -0.444. The number of aliphatic hydroxyl groups excluding tert-OH is 1. The highest BCUT2D eigenvalue weighted by Gasteiger charge is 2.35. The molecule has 0 aliphatic carbocycles. The minimum Gasteiger partial charge on any atom is -0.387 e. The summed E-state index contributed by atoms with van der Waals surface area (Å²) in [5.74, 6) is 0.297. The maximum atomic E-state index is 13.3. The van der Waals surface area contributed by atoms with Crippen LogP contribution in [0.4, 0.5) is 23.8 Å². The first-order valence-corrected chi connectivity index (χ1v) is 9.19. The highest BCUT2D eigenvalue weighted by Crippen LogP contribution is 2.34. The maximum absolute atomic E-state index is 13.3. The molecule has 2 amide bonds. The number of aliphatic hydroxyl groups is 1. The summed E-state index contributed by atoms with van der Waals surface area (Å²) in [4.78, 5) is 18.1. The van der Waals surface area contributed by atoms with Gasteiger partial charge in [0.2, 0.25) is 0 Å². The number of rotatable bonds is 6. The molecule has 0 saturated heterocycles. The molecule has 2 N–H and O–H groups in total. The third-order valence-corrected chi connectivity index (χ3v) is 4.42. The number of alkyl halides is 3. The fourth-order valence-electron chi connectivity index (χ4n) is 3.00. The predicted molar refractivity (Wildman–Crippen MR) is 107 cm³/mol. The number of pyridine rings is 1. The van der Waals surface area contributed by atoms with Crippen LogP contribution in [-0.2, 0) is 12.7 Å². The average molecular weight is 415 g/mol. The van der Waals surface area contributed by atoms with Crippen molar-refractivity contribution in [1.29, 1.82) is 0 Å². The van der Waals surface area contributed by atoms with Crippen LogP contribution in [-0.4, -0.2) is 27.6 Å². The summed E-state index contributed by atoms with van der Waals surface area (Å²) in [6, 6.07) is 18.2. The van der Waals surface area contributed by atoms with E-state index in [2.05, 4.69) is 10.3 Å². The van der Waals surface area contributed by atoms with E-state index in [4.69, 9.17) is 0 Å². The van der Waals surface area contributed by atoms with Crippen LogP contribution in [0.2, 0.25) is 0 Å². The lowest BCUT2D eigenvalue weighted by molar-refractivity contribution is -0.139. The van der Waals surface area contributed by atoms with Crippen LogP contribution in [0.1, 0.15) is 22.8 Å². The van der Waals surface area contributed by atoms with Crippen molar-refractivity contribution in [3.63, 3.8) is 0 Å². The molecule has 0 radical (unpaired) electrons. The Hall–Kier alpha value is -3.39. The van der Waals surface area contributed by atoms with Crippen molar-refractivity contribution in [2.24, 2.45) is 0 Å². The molecule has 0 bridgehead atoms. The SMILES string of the molecule is O=C(Nc1ccccn1)N(Cc1ccccc1)CC(O)c1ccccc1C(F)(F)F. The van der Waals surface area contributed by atoms with Gasteiger partial charge in [-0.1, -0.05) is 54.6 Å². The van der Waals surface area contributed by atoms with Crippen molar-refractivity contribution in [1.82, 2.24) is 9.88 Å². The van der Waals surface area contributed by atoms with Crippen molar-refractivity contribution >= 4 is 11.8 Å². The van der Waals surface area contributed by atoms with Gasteiger partial charge < -0.3 is 10.0 Å². The van der Waals surface area contributed by atoms with Gasteiger partial charge in [0.05, 0.1) is 18.2 Å². The lowest BCUT2D eigenvalue weighted by atomic mass is 10.0. The molecule has 3 rings (SSSR count). The van der Waals surface area contributed by atoms with Gasteiger partial charge in [-0.05, 0) is 29.3 Å². The molecule has 5 nitrogen and oxygen atoms in total. The minimum absolute atomic E-state index is 0.102. The molecular formula is C22H20F3N3O2. The first kappa shape index (κ1) is 21.3. The Kier molecular flexibility index (Phi) is 6.68. The number of urea groups is 1. The van der Waals surface area contributed by atoms with E-state index < -0.39 is 23.9 Å². The van der Waals surface area contributed by atoms with Crippen molar-refractivity contribution < 1.29 is 23.1 Å². The largest absolute Gasteiger partial charge is 0.416 e. The van der Waals surface area contributed by atoms with Crippen molar-refractivity contribution in [2.45, 2.75) is 18.8 Å². The quantitative estimate of drug-likeness (QED) is 0.604. The highest BCUT2D eigenvalue weighted by molar-refractivity contribution is 5.88. The molecule has 8 heteroatoms. The topological polar surface area (TPSA) is 65.5 Å². The summed E-state index contributed by atoms with van der Waals surface area (Å²) in [6.45, 7) is -0.231. The molecule has 1 heterocycles. The zero-order valence-corrected chi connectivity index (χ0v) is 15.9. The second kappa shape index (κ2) is 9.41. The minimum atomic E-state index is -4.61. The van der Waals surface area contributed by atoms with Gasteiger partial charge in [-0.25, -0.2) is 9.78 Å². The molecule has 0 fully saturated rings. The Labute approximate surface area is 171 Å². The Balaban J connectivity index is 1.84. The summed E-state index contributed by atoms with van der Waals surface area (Å²) in [6.07, 6.45) is -4.63. The van der Waals surface area contributed by atoms with E-state index in [-0.39, 0.29) is 18.7 Å². The number of hydrogen-bond donors (Lipinski definition) is 2. The molecular weight excluding hydrogens is 395 g/mol. The van der Waals surface area contributed by atoms with Gasteiger partial charge in [-0.15, -0.1) is 0 Å². The smallest absolute Gasteiger partial charge is 0.387 e. The van der Waals surface area contributed by atoms with Gasteiger partial charge in [0, 0.05) is 12.7 Å². The summed E-state index contributed by atoms with van der Waals surface area (Å²) >= 11 is 0. The molecule has 156 valence electrons. The summed E-state index contributed by atoms with van der Waals surface area (Å²) in [7, 11) is 0. The van der Waals surface area contributed by atoms with E-state index >= 15 is 0 Å². The van der Waals surface area contributed by atoms with Crippen molar-refractivity contribution in [2.75, 3.05) is 11.9 Å². The number of carbonyl (C=O) groups is 1. The third-order valence-electron chi connectivity index (χ3n) is 4.42. The first-order chi connectivity index (χ1) is 14.3. The molecule has 1 unspecified atom stereocenters. The van der Waals surface area contributed by atoms with E-state index in [0.717, 1.165) is 11.6 Å². The number of benzene rings is 2. The molecule has 0 aliphatic heterocycles. The van der Waals surface area contributed by atoms with Gasteiger partial charge in [-0.2, -0.15) is 13.2 Å². The van der Waals surface area contributed by atoms with E-state index in [9.17, 15) is 23.1 Å². The number of nitrogens with zero attached hydrogens (tertiary/aromatic N) is 2. The zero-order valence-electron chi connectivity index (χ0n) is 15.9. The van der Waals surface area contributed by atoms with Crippen LogP contribution < -0.4 is 5.32 Å². The molecule has 1 aromatic heterocycles. The van der Waals surface area contributed by atoms with Gasteiger partial charge >= 0.3 is 12.2 Å². The highest BCUT2D eigenvalue weighted by atomic mass is 19.4. The normalized spacial score (nSPS) is 12.3. The first-order valence-electron chi connectivity index (χ1n) is 9.19. The number of aromatic nitrogens is 1. The van der Waals surface area contributed by atoms with Crippen LogP contribution in [0.5, 0.6) is 0 Å². The van der Waals surface area contributed by atoms with E-state index in [1.165, 1.54) is 29.3 Å². The average Bonchev–Trinajstić information content (AvgIpc) is 2.74. The van der Waals surface area contributed by atoms with Crippen LogP contribution in [0.25, 0.3) is 0 Å².